The molecule has 0 aliphatic heterocycles. The maximum absolute atomic E-state index is 5.67. The molecule has 0 spiro atoms. The quantitative estimate of drug-likeness (QED) is 0.616. The molecule has 3 heteroatoms. The minimum atomic E-state index is 0.788. The summed E-state index contributed by atoms with van der Waals surface area (Å²) in [5.74, 6) is 0.994. The zero-order chi connectivity index (χ0) is 10.9. The van der Waals surface area contributed by atoms with E-state index in [9.17, 15) is 0 Å². The Morgan fingerprint density at radius 1 is 1.27 bits per heavy atom. The second-order valence-corrected chi connectivity index (χ2v) is 4.54. The minimum Gasteiger partial charge on any atom is -0.492 e. The molecular formula is C12H18INO. The molecule has 84 valence electrons. The van der Waals surface area contributed by atoms with Crippen LogP contribution in [0.25, 0.3) is 0 Å². The summed E-state index contributed by atoms with van der Waals surface area (Å²) in [6.07, 6.45) is 2.25. The van der Waals surface area contributed by atoms with E-state index in [-0.39, 0.29) is 0 Å². The maximum Gasteiger partial charge on any atom is 0.132 e. The van der Waals surface area contributed by atoms with E-state index in [1.807, 2.05) is 18.2 Å². The highest BCUT2D eigenvalue weighted by Crippen LogP contribution is 2.19. The SMILES string of the molecule is CCCNCCCOc1ccccc1I. The molecule has 0 saturated carbocycles. The zero-order valence-corrected chi connectivity index (χ0v) is 11.3. The van der Waals surface area contributed by atoms with E-state index >= 15 is 0 Å². The Morgan fingerprint density at radius 3 is 2.80 bits per heavy atom. The molecule has 1 rings (SSSR count). The van der Waals surface area contributed by atoms with Crippen LogP contribution in [-0.2, 0) is 0 Å². The van der Waals surface area contributed by atoms with Crippen LogP contribution in [0.15, 0.2) is 24.3 Å². The highest BCUT2D eigenvalue weighted by atomic mass is 127. The van der Waals surface area contributed by atoms with Gasteiger partial charge in [0.25, 0.3) is 0 Å². The van der Waals surface area contributed by atoms with E-state index in [1.54, 1.807) is 0 Å². The van der Waals surface area contributed by atoms with E-state index in [2.05, 4.69) is 40.9 Å². The van der Waals surface area contributed by atoms with Crippen LogP contribution in [0.2, 0.25) is 0 Å². The van der Waals surface area contributed by atoms with Crippen LogP contribution < -0.4 is 10.1 Å². The van der Waals surface area contributed by atoms with E-state index in [1.165, 1.54) is 9.99 Å². The number of halogens is 1. The van der Waals surface area contributed by atoms with Crippen molar-refractivity contribution in [1.29, 1.82) is 0 Å². The molecule has 2 nitrogen and oxygen atoms in total. The zero-order valence-electron chi connectivity index (χ0n) is 9.13. The average Bonchev–Trinajstić information content (AvgIpc) is 2.25. The monoisotopic (exact) mass is 319 g/mol. The standard InChI is InChI=1S/C12H18INO/c1-2-8-14-9-5-10-15-12-7-4-3-6-11(12)13/h3-4,6-7,14H,2,5,8-10H2,1H3. The van der Waals surface area contributed by atoms with Gasteiger partial charge in [-0.3, -0.25) is 0 Å². The van der Waals surface area contributed by atoms with Crippen molar-refractivity contribution in [2.24, 2.45) is 0 Å². The van der Waals surface area contributed by atoms with Crippen molar-refractivity contribution in [1.82, 2.24) is 5.32 Å². The fraction of sp³-hybridized carbons (Fsp3) is 0.500. The van der Waals surface area contributed by atoms with Gasteiger partial charge in [0.1, 0.15) is 5.75 Å². The number of rotatable bonds is 7. The van der Waals surface area contributed by atoms with Crippen LogP contribution in [0.5, 0.6) is 5.75 Å². The summed E-state index contributed by atoms with van der Waals surface area (Å²) in [7, 11) is 0. The van der Waals surface area contributed by atoms with Crippen LogP contribution in [0.1, 0.15) is 19.8 Å². The fourth-order valence-electron chi connectivity index (χ4n) is 1.24. The van der Waals surface area contributed by atoms with Gasteiger partial charge < -0.3 is 10.1 Å². The average molecular weight is 319 g/mol. The van der Waals surface area contributed by atoms with Gasteiger partial charge in [-0.25, -0.2) is 0 Å². The molecule has 1 N–H and O–H groups in total. The molecule has 0 atom stereocenters. The van der Waals surface area contributed by atoms with Crippen molar-refractivity contribution in [2.75, 3.05) is 19.7 Å². The number of nitrogens with one attached hydrogen (secondary N) is 1. The van der Waals surface area contributed by atoms with Gasteiger partial charge in [0.2, 0.25) is 0 Å². The number of ether oxygens (including phenoxy) is 1. The number of para-hydroxylation sites is 1. The molecule has 0 aliphatic rings. The summed E-state index contributed by atoms with van der Waals surface area (Å²) < 4.78 is 6.85. The number of hydrogen-bond donors (Lipinski definition) is 1. The van der Waals surface area contributed by atoms with E-state index in [0.29, 0.717) is 0 Å². The smallest absolute Gasteiger partial charge is 0.132 e. The van der Waals surface area contributed by atoms with Crippen LogP contribution >= 0.6 is 22.6 Å². The predicted octanol–water partition coefficient (Wildman–Crippen LogP) is 3.06. The first kappa shape index (κ1) is 12.8. The van der Waals surface area contributed by atoms with Crippen LogP contribution in [0.3, 0.4) is 0 Å². The summed E-state index contributed by atoms with van der Waals surface area (Å²) in [6.45, 7) is 5.10. The molecule has 0 amide bonds. The van der Waals surface area contributed by atoms with Gasteiger partial charge in [0.15, 0.2) is 0 Å². The van der Waals surface area contributed by atoms with E-state index in [0.717, 1.165) is 31.9 Å². The van der Waals surface area contributed by atoms with Crippen molar-refractivity contribution in [3.05, 3.63) is 27.8 Å². The van der Waals surface area contributed by atoms with Gasteiger partial charge in [0, 0.05) is 0 Å². The topological polar surface area (TPSA) is 21.3 Å². The summed E-state index contributed by atoms with van der Waals surface area (Å²) in [6, 6.07) is 8.11. The first-order chi connectivity index (χ1) is 7.34. The normalized spacial score (nSPS) is 10.3. The Labute approximate surface area is 106 Å². The highest BCUT2D eigenvalue weighted by Gasteiger charge is 1.97. The Hall–Kier alpha value is -0.290. The Balaban J connectivity index is 2.12. The highest BCUT2D eigenvalue weighted by molar-refractivity contribution is 14.1. The molecule has 0 saturated heterocycles. The van der Waals surface area contributed by atoms with Crippen molar-refractivity contribution in [3.8, 4) is 5.75 Å². The van der Waals surface area contributed by atoms with Gasteiger partial charge in [-0.2, -0.15) is 0 Å². The summed E-state index contributed by atoms with van der Waals surface area (Å²) in [5.41, 5.74) is 0. The third-order valence-corrected chi connectivity index (χ3v) is 2.91. The molecule has 1 aromatic rings. The molecule has 0 unspecified atom stereocenters. The molecule has 15 heavy (non-hydrogen) atoms. The molecule has 0 bridgehead atoms. The van der Waals surface area contributed by atoms with Crippen molar-refractivity contribution < 1.29 is 4.74 Å². The molecular weight excluding hydrogens is 301 g/mol. The van der Waals surface area contributed by atoms with E-state index in [4.69, 9.17) is 4.74 Å². The first-order valence-electron chi connectivity index (χ1n) is 5.42. The molecule has 1 aromatic carbocycles. The number of benzene rings is 1. The summed E-state index contributed by atoms with van der Waals surface area (Å²) in [4.78, 5) is 0. The number of hydrogen-bond acceptors (Lipinski definition) is 2. The Kier molecular flexibility index (Phi) is 6.76. The fourth-order valence-corrected chi connectivity index (χ4v) is 1.79. The summed E-state index contributed by atoms with van der Waals surface area (Å²) in [5, 5.41) is 3.35. The first-order valence-corrected chi connectivity index (χ1v) is 6.50. The van der Waals surface area contributed by atoms with Crippen molar-refractivity contribution in [3.63, 3.8) is 0 Å². The van der Waals surface area contributed by atoms with Crippen molar-refractivity contribution >= 4 is 22.6 Å². The minimum absolute atomic E-state index is 0.788. The molecule has 0 heterocycles. The molecule has 0 aliphatic carbocycles. The molecule has 0 radical (unpaired) electrons. The third-order valence-electron chi connectivity index (χ3n) is 2.02. The largest absolute Gasteiger partial charge is 0.492 e. The Bertz CT molecular complexity index is 278. The van der Waals surface area contributed by atoms with Crippen LogP contribution in [0.4, 0.5) is 0 Å². The van der Waals surface area contributed by atoms with Crippen LogP contribution in [-0.4, -0.2) is 19.7 Å². The lowest BCUT2D eigenvalue weighted by Gasteiger charge is -2.08. The van der Waals surface area contributed by atoms with Gasteiger partial charge in [-0.15, -0.1) is 0 Å². The lowest BCUT2D eigenvalue weighted by molar-refractivity contribution is 0.306. The lowest BCUT2D eigenvalue weighted by Crippen LogP contribution is -2.18. The second-order valence-electron chi connectivity index (χ2n) is 3.38. The van der Waals surface area contributed by atoms with Crippen LogP contribution in [0, 0.1) is 3.57 Å². The third kappa shape index (κ3) is 5.37. The van der Waals surface area contributed by atoms with Gasteiger partial charge in [-0.1, -0.05) is 19.1 Å². The summed E-state index contributed by atoms with van der Waals surface area (Å²) >= 11 is 2.29. The molecule has 0 aromatic heterocycles. The van der Waals surface area contributed by atoms with Gasteiger partial charge in [-0.05, 0) is 60.7 Å². The second kappa shape index (κ2) is 7.93. The predicted molar refractivity (Wildman–Crippen MR) is 72.4 cm³/mol. The van der Waals surface area contributed by atoms with Gasteiger partial charge >= 0.3 is 0 Å². The maximum atomic E-state index is 5.67. The molecule has 0 fully saturated rings. The van der Waals surface area contributed by atoms with Gasteiger partial charge in [0.05, 0.1) is 10.2 Å². The van der Waals surface area contributed by atoms with E-state index < -0.39 is 0 Å². The lowest BCUT2D eigenvalue weighted by atomic mass is 10.3. The Morgan fingerprint density at radius 2 is 2.07 bits per heavy atom. The van der Waals surface area contributed by atoms with Crippen molar-refractivity contribution in [2.45, 2.75) is 19.8 Å².